The number of benzene rings is 3. The SMILES string of the molecule is COCc1cccc(CNC(=O)N2CCc3cc(OC)c(OC)cc3C2c2ccccc2)c1. The summed E-state index contributed by atoms with van der Waals surface area (Å²) < 4.78 is 16.3. The average molecular weight is 447 g/mol. The molecule has 172 valence electrons. The minimum Gasteiger partial charge on any atom is -0.493 e. The number of fused-ring (bicyclic) bond motifs is 1. The highest BCUT2D eigenvalue weighted by Gasteiger charge is 2.33. The van der Waals surface area contributed by atoms with Crippen molar-refractivity contribution in [3.63, 3.8) is 0 Å². The number of nitrogens with one attached hydrogen (secondary N) is 1. The zero-order chi connectivity index (χ0) is 23.2. The standard InChI is InChI=1S/C27H30N2O4/c1-31-18-20-9-7-8-19(14-20)17-28-27(30)29-13-12-22-15-24(32-2)25(33-3)16-23(22)26(29)21-10-5-4-6-11-21/h4-11,14-16,26H,12-13,17-18H2,1-3H3,(H,28,30). The molecule has 0 saturated heterocycles. The highest BCUT2D eigenvalue weighted by molar-refractivity contribution is 5.76. The number of hydrogen-bond donors (Lipinski definition) is 1. The van der Waals surface area contributed by atoms with Gasteiger partial charge in [0.1, 0.15) is 0 Å². The molecule has 0 radical (unpaired) electrons. The number of ether oxygens (including phenoxy) is 3. The molecule has 6 heteroatoms. The molecule has 1 aliphatic heterocycles. The Morgan fingerprint density at radius 3 is 2.39 bits per heavy atom. The van der Waals surface area contributed by atoms with Crippen LogP contribution in [0.15, 0.2) is 66.7 Å². The second-order valence-electron chi connectivity index (χ2n) is 8.07. The van der Waals surface area contributed by atoms with E-state index in [1.54, 1.807) is 21.3 Å². The van der Waals surface area contributed by atoms with Crippen molar-refractivity contribution in [2.75, 3.05) is 27.9 Å². The Labute approximate surface area is 195 Å². The van der Waals surface area contributed by atoms with Gasteiger partial charge in [-0.05, 0) is 46.4 Å². The number of methoxy groups -OCH3 is 3. The van der Waals surface area contributed by atoms with Crippen molar-refractivity contribution in [2.45, 2.75) is 25.6 Å². The number of rotatable bonds is 7. The molecule has 1 unspecified atom stereocenters. The van der Waals surface area contributed by atoms with Gasteiger partial charge in [-0.3, -0.25) is 0 Å². The maximum atomic E-state index is 13.4. The Hall–Kier alpha value is -3.51. The topological polar surface area (TPSA) is 60.0 Å². The highest BCUT2D eigenvalue weighted by atomic mass is 16.5. The Bertz CT molecular complexity index is 1100. The van der Waals surface area contributed by atoms with Crippen molar-refractivity contribution in [1.82, 2.24) is 10.2 Å². The molecule has 0 fully saturated rings. The third-order valence-electron chi connectivity index (χ3n) is 6.00. The monoisotopic (exact) mass is 446 g/mol. The lowest BCUT2D eigenvalue weighted by Crippen LogP contribution is -2.45. The first-order valence-corrected chi connectivity index (χ1v) is 11.1. The molecular formula is C27H30N2O4. The maximum Gasteiger partial charge on any atom is 0.318 e. The van der Waals surface area contributed by atoms with Crippen molar-refractivity contribution < 1.29 is 19.0 Å². The van der Waals surface area contributed by atoms with Gasteiger partial charge in [-0.25, -0.2) is 4.79 Å². The van der Waals surface area contributed by atoms with Crippen LogP contribution in [0.5, 0.6) is 11.5 Å². The van der Waals surface area contributed by atoms with Crippen molar-refractivity contribution in [3.8, 4) is 11.5 Å². The zero-order valence-electron chi connectivity index (χ0n) is 19.3. The predicted octanol–water partition coefficient (Wildman–Crippen LogP) is 4.71. The molecule has 3 aromatic carbocycles. The summed E-state index contributed by atoms with van der Waals surface area (Å²) in [6.45, 7) is 1.61. The molecule has 0 spiro atoms. The molecule has 1 atom stereocenters. The Morgan fingerprint density at radius 1 is 0.939 bits per heavy atom. The predicted molar refractivity (Wildman–Crippen MR) is 128 cm³/mol. The van der Waals surface area contributed by atoms with Gasteiger partial charge in [-0.15, -0.1) is 0 Å². The van der Waals surface area contributed by atoms with Gasteiger partial charge in [0.2, 0.25) is 0 Å². The largest absolute Gasteiger partial charge is 0.493 e. The lowest BCUT2D eigenvalue weighted by atomic mass is 9.88. The lowest BCUT2D eigenvalue weighted by molar-refractivity contribution is 0.179. The fourth-order valence-corrected chi connectivity index (χ4v) is 4.43. The minimum absolute atomic E-state index is 0.0959. The van der Waals surface area contributed by atoms with E-state index in [0.29, 0.717) is 31.2 Å². The normalized spacial score (nSPS) is 15.0. The van der Waals surface area contributed by atoms with E-state index >= 15 is 0 Å². The van der Waals surface area contributed by atoms with E-state index < -0.39 is 0 Å². The molecule has 0 aliphatic carbocycles. The van der Waals surface area contributed by atoms with Crippen molar-refractivity contribution >= 4 is 6.03 Å². The molecule has 1 aliphatic rings. The fourth-order valence-electron chi connectivity index (χ4n) is 4.43. The van der Waals surface area contributed by atoms with Crippen LogP contribution in [0, 0.1) is 0 Å². The van der Waals surface area contributed by atoms with E-state index in [1.807, 2.05) is 53.4 Å². The van der Waals surface area contributed by atoms with E-state index in [2.05, 4.69) is 23.5 Å². The van der Waals surface area contributed by atoms with Gasteiger partial charge >= 0.3 is 6.03 Å². The van der Waals surface area contributed by atoms with Gasteiger partial charge in [0.05, 0.1) is 26.9 Å². The van der Waals surface area contributed by atoms with Crippen LogP contribution in [0.1, 0.15) is 33.9 Å². The molecule has 2 amide bonds. The summed E-state index contributed by atoms with van der Waals surface area (Å²) in [5, 5.41) is 3.11. The van der Waals surface area contributed by atoms with Crippen molar-refractivity contribution in [3.05, 3.63) is 94.5 Å². The Balaban J connectivity index is 1.62. The molecule has 0 bridgehead atoms. The smallest absolute Gasteiger partial charge is 0.318 e. The van der Waals surface area contributed by atoms with Gasteiger partial charge in [0, 0.05) is 20.2 Å². The van der Waals surface area contributed by atoms with Crippen molar-refractivity contribution in [1.29, 1.82) is 0 Å². The number of urea groups is 1. The van der Waals surface area contributed by atoms with E-state index in [0.717, 1.165) is 34.2 Å². The Kier molecular flexibility index (Phi) is 7.15. The second kappa shape index (κ2) is 10.4. The molecule has 4 rings (SSSR count). The summed E-state index contributed by atoms with van der Waals surface area (Å²) in [4.78, 5) is 15.3. The van der Waals surface area contributed by atoms with Crippen LogP contribution >= 0.6 is 0 Å². The van der Waals surface area contributed by atoms with Crippen LogP contribution in [0.25, 0.3) is 0 Å². The summed E-state index contributed by atoms with van der Waals surface area (Å²) in [7, 11) is 4.95. The van der Waals surface area contributed by atoms with Gasteiger partial charge in [0.15, 0.2) is 11.5 Å². The fraction of sp³-hybridized carbons (Fsp3) is 0.296. The average Bonchev–Trinajstić information content (AvgIpc) is 2.86. The van der Waals surface area contributed by atoms with Crippen molar-refractivity contribution in [2.24, 2.45) is 0 Å². The number of nitrogens with zero attached hydrogens (tertiary/aromatic N) is 1. The van der Waals surface area contributed by atoms with Gasteiger partial charge in [-0.2, -0.15) is 0 Å². The minimum atomic E-state index is -0.213. The maximum absolute atomic E-state index is 13.4. The summed E-state index contributed by atoms with van der Waals surface area (Å²) in [6, 6.07) is 21.9. The second-order valence-corrected chi connectivity index (χ2v) is 8.07. The first-order chi connectivity index (χ1) is 16.1. The third-order valence-corrected chi connectivity index (χ3v) is 6.00. The van der Waals surface area contributed by atoms with E-state index in [4.69, 9.17) is 14.2 Å². The van der Waals surface area contributed by atoms with Crippen LogP contribution in [-0.4, -0.2) is 38.8 Å². The van der Waals surface area contributed by atoms with Crippen LogP contribution in [0.4, 0.5) is 4.79 Å². The van der Waals surface area contributed by atoms with Crippen LogP contribution in [0.2, 0.25) is 0 Å². The molecule has 0 saturated carbocycles. The number of carbonyl (C=O) groups excluding carboxylic acids is 1. The van der Waals surface area contributed by atoms with E-state index in [9.17, 15) is 4.79 Å². The number of hydrogen-bond acceptors (Lipinski definition) is 4. The molecule has 1 heterocycles. The first-order valence-electron chi connectivity index (χ1n) is 11.1. The molecule has 33 heavy (non-hydrogen) atoms. The summed E-state index contributed by atoms with van der Waals surface area (Å²) >= 11 is 0. The van der Waals surface area contributed by atoms with Crippen LogP contribution in [0.3, 0.4) is 0 Å². The Morgan fingerprint density at radius 2 is 1.67 bits per heavy atom. The van der Waals surface area contributed by atoms with E-state index in [-0.39, 0.29) is 12.1 Å². The summed E-state index contributed by atoms with van der Waals surface area (Å²) in [6.07, 6.45) is 0.746. The van der Waals surface area contributed by atoms with Crippen LogP contribution in [-0.2, 0) is 24.3 Å². The van der Waals surface area contributed by atoms with Crippen LogP contribution < -0.4 is 14.8 Å². The van der Waals surface area contributed by atoms with Gasteiger partial charge in [0.25, 0.3) is 0 Å². The number of carbonyl (C=O) groups is 1. The quantitative estimate of drug-likeness (QED) is 0.571. The molecule has 6 nitrogen and oxygen atoms in total. The van der Waals surface area contributed by atoms with Gasteiger partial charge < -0.3 is 24.4 Å². The molecular weight excluding hydrogens is 416 g/mol. The highest BCUT2D eigenvalue weighted by Crippen LogP contribution is 2.41. The summed E-state index contributed by atoms with van der Waals surface area (Å²) in [5.74, 6) is 1.37. The zero-order valence-corrected chi connectivity index (χ0v) is 19.3. The number of amides is 2. The molecule has 0 aromatic heterocycles. The lowest BCUT2D eigenvalue weighted by Gasteiger charge is -2.38. The molecule has 1 N–H and O–H groups in total. The first kappa shape index (κ1) is 22.7. The summed E-state index contributed by atoms with van der Waals surface area (Å²) in [5.41, 5.74) is 5.40. The molecule has 3 aromatic rings. The van der Waals surface area contributed by atoms with E-state index in [1.165, 1.54) is 0 Å². The van der Waals surface area contributed by atoms with Gasteiger partial charge in [-0.1, -0.05) is 54.6 Å². The third kappa shape index (κ3) is 4.96.